The molecule has 1 aromatic rings. The van der Waals surface area contributed by atoms with E-state index < -0.39 is 15.8 Å². The molecule has 4 nitrogen and oxygen atoms in total. The average Bonchev–Trinajstić information content (AvgIpc) is 2.35. The van der Waals surface area contributed by atoms with E-state index in [4.69, 9.17) is 0 Å². The molecule has 0 radical (unpaired) electrons. The zero-order chi connectivity index (χ0) is 15.6. The fourth-order valence-electron chi connectivity index (χ4n) is 2.47. The average molecular weight is 314 g/mol. The number of rotatable bonds is 6. The lowest BCUT2D eigenvalue weighted by Gasteiger charge is -2.32. The van der Waals surface area contributed by atoms with Crippen molar-refractivity contribution in [2.24, 2.45) is 5.92 Å². The maximum Gasteiger partial charge on any atom is 0.243 e. The molecule has 0 bridgehead atoms. The van der Waals surface area contributed by atoms with Crippen LogP contribution >= 0.6 is 0 Å². The first kappa shape index (κ1) is 16.4. The van der Waals surface area contributed by atoms with Crippen LogP contribution in [0.4, 0.5) is 4.39 Å². The summed E-state index contributed by atoms with van der Waals surface area (Å²) >= 11 is 0. The summed E-state index contributed by atoms with van der Waals surface area (Å²) in [6.07, 6.45) is 1.63. The molecule has 1 aromatic carbocycles. The minimum Gasteiger partial charge on any atom is -0.310 e. The molecule has 6 heteroatoms. The largest absolute Gasteiger partial charge is 0.310 e. The Morgan fingerprint density at radius 2 is 2.00 bits per heavy atom. The summed E-state index contributed by atoms with van der Waals surface area (Å²) in [6, 6.07) is 4.45. The van der Waals surface area contributed by atoms with Gasteiger partial charge < -0.3 is 5.32 Å². The minimum atomic E-state index is -3.79. The van der Waals surface area contributed by atoms with Gasteiger partial charge in [0.25, 0.3) is 0 Å². The standard InChI is InChI=1S/C15H23FN2O2S/c1-10(2)17-9-12-4-5-14(16)15(8-12)21(19,20)18-13-6-11(3)7-13/h4-5,8,10-11,13,17-18H,6-7,9H2,1-3H3. The SMILES string of the molecule is CC1CC(NS(=O)(=O)c2cc(CNC(C)C)ccc2F)C1. The predicted molar refractivity (Wildman–Crippen MR) is 80.9 cm³/mol. The molecule has 118 valence electrons. The second-order valence-electron chi connectivity index (χ2n) is 6.20. The summed E-state index contributed by atoms with van der Waals surface area (Å²) < 4.78 is 41.0. The highest BCUT2D eigenvalue weighted by molar-refractivity contribution is 7.89. The smallest absolute Gasteiger partial charge is 0.243 e. The molecule has 0 atom stereocenters. The summed E-state index contributed by atoms with van der Waals surface area (Å²) in [6.45, 7) is 6.59. The van der Waals surface area contributed by atoms with E-state index in [1.807, 2.05) is 13.8 Å². The molecule has 0 amide bonds. The van der Waals surface area contributed by atoms with Gasteiger partial charge in [0.05, 0.1) is 0 Å². The zero-order valence-electron chi connectivity index (χ0n) is 12.7. The molecule has 21 heavy (non-hydrogen) atoms. The third-order valence-electron chi connectivity index (χ3n) is 3.70. The van der Waals surface area contributed by atoms with Gasteiger partial charge >= 0.3 is 0 Å². The van der Waals surface area contributed by atoms with Crippen LogP contribution in [0.2, 0.25) is 0 Å². The first-order valence-corrected chi connectivity index (χ1v) is 8.80. The van der Waals surface area contributed by atoms with E-state index in [1.165, 1.54) is 12.1 Å². The number of nitrogens with one attached hydrogen (secondary N) is 2. The Kier molecular flexibility index (Phi) is 5.01. The molecule has 2 N–H and O–H groups in total. The molecule has 0 unspecified atom stereocenters. The lowest BCUT2D eigenvalue weighted by atomic mass is 9.83. The zero-order valence-corrected chi connectivity index (χ0v) is 13.5. The molecular formula is C15H23FN2O2S. The van der Waals surface area contributed by atoms with E-state index in [1.54, 1.807) is 6.07 Å². The summed E-state index contributed by atoms with van der Waals surface area (Å²) in [5, 5.41) is 3.19. The van der Waals surface area contributed by atoms with Gasteiger partial charge in [-0.3, -0.25) is 0 Å². The predicted octanol–water partition coefficient (Wildman–Crippen LogP) is 2.40. The molecule has 0 saturated heterocycles. The first-order valence-electron chi connectivity index (χ1n) is 7.32. The number of hydrogen-bond donors (Lipinski definition) is 2. The van der Waals surface area contributed by atoms with E-state index in [9.17, 15) is 12.8 Å². The van der Waals surface area contributed by atoms with E-state index in [0.717, 1.165) is 18.4 Å². The van der Waals surface area contributed by atoms with Crippen molar-refractivity contribution in [3.05, 3.63) is 29.6 Å². The van der Waals surface area contributed by atoms with Crippen LogP contribution in [0.25, 0.3) is 0 Å². The summed E-state index contributed by atoms with van der Waals surface area (Å²) in [5.41, 5.74) is 0.757. The van der Waals surface area contributed by atoms with Gasteiger partial charge in [0.15, 0.2) is 0 Å². The summed E-state index contributed by atoms with van der Waals surface area (Å²) in [4.78, 5) is -0.259. The van der Waals surface area contributed by atoms with Crippen molar-refractivity contribution in [3.8, 4) is 0 Å². The molecule has 1 saturated carbocycles. The van der Waals surface area contributed by atoms with Crippen LogP contribution in [0, 0.1) is 11.7 Å². The summed E-state index contributed by atoms with van der Waals surface area (Å²) in [7, 11) is -3.79. The Balaban J connectivity index is 2.15. The van der Waals surface area contributed by atoms with Crippen molar-refractivity contribution < 1.29 is 12.8 Å². The lowest BCUT2D eigenvalue weighted by molar-refractivity contribution is 0.270. The first-order chi connectivity index (χ1) is 9.78. The number of benzene rings is 1. The van der Waals surface area contributed by atoms with Crippen molar-refractivity contribution >= 4 is 10.0 Å². The molecule has 2 rings (SSSR count). The van der Waals surface area contributed by atoms with Gasteiger partial charge in [-0.05, 0) is 36.5 Å². The number of halogens is 1. The van der Waals surface area contributed by atoms with Gasteiger partial charge in [-0.1, -0.05) is 26.8 Å². The maximum atomic E-state index is 13.9. The molecule has 0 spiro atoms. The Morgan fingerprint density at radius 1 is 1.33 bits per heavy atom. The van der Waals surface area contributed by atoms with E-state index >= 15 is 0 Å². The lowest BCUT2D eigenvalue weighted by Crippen LogP contribution is -2.43. The Labute approximate surface area is 126 Å². The van der Waals surface area contributed by atoms with Gasteiger partial charge in [-0.2, -0.15) is 0 Å². The van der Waals surface area contributed by atoms with Crippen LogP contribution < -0.4 is 10.0 Å². The molecule has 1 aliphatic rings. The molecule has 0 aromatic heterocycles. The van der Waals surface area contributed by atoms with Gasteiger partial charge in [0.2, 0.25) is 10.0 Å². The van der Waals surface area contributed by atoms with Crippen molar-refractivity contribution in [1.29, 1.82) is 0 Å². The Morgan fingerprint density at radius 3 is 2.57 bits per heavy atom. The molecule has 1 fully saturated rings. The minimum absolute atomic E-state index is 0.0677. The van der Waals surface area contributed by atoms with Crippen LogP contribution in [0.3, 0.4) is 0 Å². The van der Waals surface area contributed by atoms with Crippen molar-refractivity contribution in [1.82, 2.24) is 10.0 Å². The fraction of sp³-hybridized carbons (Fsp3) is 0.600. The molecule has 0 aliphatic heterocycles. The van der Waals surface area contributed by atoms with Crippen LogP contribution in [0.15, 0.2) is 23.1 Å². The van der Waals surface area contributed by atoms with E-state index in [2.05, 4.69) is 17.0 Å². The maximum absolute atomic E-state index is 13.9. The quantitative estimate of drug-likeness (QED) is 0.848. The van der Waals surface area contributed by atoms with Crippen LogP contribution in [-0.4, -0.2) is 20.5 Å². The Hall–Kier alpha value is -0.980. The third-order valence-corrected chi connectivity index (χ3v) is 5.23. The van der Waals surface area contributed by atoms with Crippen molar-refractivity contribution in [2.75, 3.05) is 0 Å². The molecular weight excluding hydrogens is 291 g/mol. The Bertz CT molecular complexity index is 596. The fourth-order valence-corrected chi connectivity index (χ4v) is 3.86. The van der Waals surface area contributed by atoms with Gasteiger partial charge in [-0.15, -0.1) is 0 Å². The summed E-state index contributed by atoms with van der Waals surface area (Å²) in [5.74, 6) is -0.174. The molecule has 0 heterocycles. The van der Waals surface area contributed by atoms with Gasteiger partial charge in [-0.25, -0.2) is 17.5 Å². The molecule has 1 aliphatic carbocycles. The number of hydrogen-bond acceptors (Lipinski definition) is 3. The van der Waals surface area contributed by atoms with E-state index in [0.29, 0.717) is 12.5 Å². The topological polar surface area (TPSA) is 58.2 Å². The number of sulfonamides is 1. The monoisotopic (exact) mass is 314 g/mol. The van der Waals surface area contributed by atoms with Gasteiger partial charge in [0.1, 0.15) is 10.7 Å². The normalized spacial score (nSPS) is 22.3. The van der Waals surface area contributed by atoms with E-state index in [-0.39, 0.29) is 17.0 Å². The van der Waals surface area contributed by atoms with Crippen LogP contribution in [0.1, 0.15) is 39.2 Å². The van der Waals surface area contributed by atoms with Crippen molar-refractivity contribution in [2.45, 2.75) is 57.1 Å². The highest BCUT2D eigenvalue weighted by atomic mass is 32.2. The van der Waals surface area contributed by atoms with Crippen molar-refractivity contribution in [3.63, 3.8) is 0 Å². The second-order valence-corrected chi connectivity index (χ2v) is 7.88. The highest BCUT2D eigenvalue weighted by Gasteiger charge is 2.31. The second kappa shape index (κ2) is 6.42. The van der Waals surface area contributed by atoms with Gasteiger partial charge in [0, 0.05) is 18.6 Å². The van der Waals surface area contributed by atoms with Crippen LogP contribution in [-0.2, 0) is 16.6 Å². The highest BCUT2D eigenvalue weighted by Crippen LogP contribution is 2.28. The third kappa shape index (κ3) is 4.25. The van der Waals surface area contributed by atoms with Crippen LogP contribution in [0.5, 0.6) is 0 Å².